The quantitative estimate of drug-likeness (QED) is 0.792. The van der Waals surface area contributed by atoms with Crippen LogP contribution < -0.4 is 5.32 Å². The molecule has 0 aliphatic carbocycles. The summed E-state index contributed by atoms with van der Waals surface area (Å²) in [6, 6.07) is 16.9. The highest BCUT2D eigenvalue weighted by Gasteiger charge is 2.02. The van der Waals surface area contributed by atoms with Crippen molar-refractivity contribution in [3.05, 3.63) is 65.7 Å². The third-order valence-electron chi connectivity index (χ3n) is 3.11. The van der Waals surface area contributed by atoms with Crippen molar-refractivity contribution in [1.29, 1.82) is 0 Å². The fourth-order valence-electron chi connectivity index (χ4n) is 2.03. The molecule has 2 rings (SSSR count). The van der Waals surface area contributed by atoms with E-state index in [1.54, 1.807) is 12.1 Å². The Balaban J connectivity index is 1.66. The van der Waals surface area contributed by atoms with E-state index in [1.165, 1.54) is 5.56 Å². The summed E-state index contributed by atoms with van der Waals surface area (Å²) in [5.41, 5.74) is 2.20. The maximum absolute atomic E-state index is 11.7. The number of phenolic OH excluding ortho intramolecular Hbond substituents is 1. The standard InChI is InChI=1S/C17H19NO2/c19-16-10-8-14(9-11-16)7-4-12-18-17(20)13-15-5-2-1-3-6-15/h1-3,5-6,8-11,19H,4,7,12-13H2,(H,18,20). The molecule has 0 fully saturated rings. The summed E-state index contributed by atoms with van der Waals surface area (Å²) in [7, 11) is 0. The fraction of sp³-hybridized carbons (Fsp3) is 0.235. The van der Waals surface area contributed by atoms with Crippen molar-refractivity contribution in [3.63, 3.8) is 0 Å². The van der Waals surface area contributed by atoms with Crippen LogP contribution in [0.15, 0.2) is 54.6 Å². The molecule has 20 heavy (non-hydrogen) atoms. The number of phenols is 1. The van der Waals surface area contributed by atoms with Gasteiger partial charge >= 0.3 is 0 Å². The molecule has 0 spiro atoms. The Morgan fingerprint density at radius 2 is 1.65 bits per heavy atom. The minimum Gasteiger partial charge on any atom is -0.508 e. The number of hydrogen-bond acceptors (Lipinski definition) is 2. The fourth-order valence-corrected chi connectivity index (χ4v) is 2.03. The van der Waals surface area contributed by atoms with Gasteiger partial charge < -0.3 is 10.4 Å². The lowest BCUT2D eigenvalue weighted by Crippen LogP contribution is -2.26. The van der Waals surface area contributed by atoms with Gasteiger partial charge in [-0.05, 0) is 36.1 Å². The van der Waals surface area contributed by atoms with Crippen LogP contribution in [0.3, 0.4) is 0 Å². The third kappa shape index (κ3) is 4.76. The number of benzene rings is 2. The van der Waals surface area contributed by atoms with Crippen LogP contribution in [-0.2, 0) is 17.6 Å². The zero-order chi connectivity index (χ0) is 14.2. The number of aryl methyl sites for hydroxylation is 1. The minimum atomic E-state index is 0.0573. The summed E-state index contributed by atoms with van der Waals surface area (Å²) in [6.45, 7) is 0.673. The van der Waals surface area contributed by atoms with Gasteiger partial charge in [-0.15, -0.1) is 0 Å². The molecular weight excluding hydrogens is 250 g/mol. The van der Waals surface area contributed by atoms with Gasteiger partial charge in [0.2, 0.25) is 5.91 Å². The van der Waals surface area contributed by atoms with Crippen molar-refractivity contribution in [2.45, 2.75) is 19.3 Å². The molecule has 0 aliphatic heterocycles. The SMILES string of the molecule is O=C(Cc1ccccc1)NCCCc1ccc(O)cc1. The second-order valence-corrected chi connectivity index (χ2v) is 4.78. The number of aromatic hydroxyl groups is 1. The molecule has 2 aromatic carbocycles. The summed E-state index contributed by atoms with van der Waals surface area (Å²) in [5, 5.41) is 12.1. The predicted molar refractivity (Wildman–Crippen MR) is 79.6 cm³/mol. The van der Waals surface area contributed by atoms with Gasteiger partial charge in [0.25, 0.3) is 0 Å². The molecule has 0 bridgehead atoms. The molecule has 0 radical (unpaired) electrons. The Morgan fingerprint density at radius 1 is 0.950 bits per heavy atom. The molecular formula is C17H19NO2. The van der Waals surface area contributed by atoms with E-state index in [0.29, 0.717) is 13.0 Å². The smallest absolute Gasteiger partial charge is 0.224 e. The molecule has 0 aromatic heterocycles. The van der Waals surface area contributed by atoms with Crippen LogP contribution in [0.4, 0.5) is 0 Å². The van der Waals surface area contributed by atoms with Gasteiger partial charge in [0.15, 0.2) is 0 Å². The molecule has 0 saturated heterocycles. The number of nitrogens with one attached hydrogen (secondary N) is 1. The molecule has 0 atom stereocenters. The molecule has 2 N–H and O–H groups in total. The van der Waals surface area contributed by atoms with E-state index in [0.717, 1.165) is 18.4 Å². The highest BCUT2D eigenvalue weighted by molar-refractivity contribution is 5.78. The van der Waals surface area contributed by atoms with Gasteiger partial charge in [0.05, 0.1) is 6.42 Å². The molecule has 0 saturated carbocycles. The normalized spacial score (nSPS) is 10.2. The second kappa shape index (κ2) is 7.34. The summed E-state index contributed by atoms with van der Waals surface area (Å²) >= 11 is 0. The van der Waals surface area contributed by atoms with Crippen LogP contribution in [0.5, 0.6) is 5.75 Å². The highest BCUT2D eigenvalue weighted by atomic mass is 16.3. The second-order valence-electron chi connectivity index (χ2n) is 4.78. The summed E-state index contributed by atoms with van der Waals surface area (Å²) in [6.07, 6.45) is 2.22. The lowest BCUT2D eigenvalue weighted by atomic mass is 10.1. The molecule has 0 aliphatic rings. The monoisotopic (exact) mass is 269 g/mol. The number of amides is 1. The number of hydrogen-bond donors (Lipinski definition) is 2. The van der Waals surface area contributed by atoms with Crippen LogP contribution in [0.1, 0.15) is 17.5 Å². The number of carbonyl (C=O) groups is 1. The molecule has 0 heterocycles. The first-order valence-electron chi connectivity index (χ1n) is 6.82. The molecule has 104 valence electrons. The zero-order valence-corrected chi connectivity index (χ0v) is 11.4. The van der Waals surface area contributed by atoms with Gasteiger partial charge in [-0.2, -0.15) is 0 Å². The van der Waals surface area contributed by atoms with Crippen LogP contribution >= 0.6 is 0 Å². The van der Waals surface area contributed by atoms with Crippen LogP contribution in [-0.4, -0.2) is 17.6 Å². The lowest BCUT2D eigenvalue weighted by molar-refractivity contribution is -0.120. The molecule has 1 amide bonds. The van der Waals surface area contributed by atoms with Crippen LogP contribution in [0.25, 0.3) is 0 Å². The van der Waals surface area contributed by atoms with Crippen LogP contribution in [0.2, 0.25) is 0 Å². The Kier molecular flexibility index (Phi) is 5.18. The van der Waals surface area contributed by atoms with E-state index in [1.807, 2.05) is 42.5 Å². The van der Waals surface area contributed by atoms with E-state index in [-0.39, 0.29) is 11.7 Å². The van der Waals surface area contributed by atoms with E-state index in [4.69, 9.17) is 0 Å². The predicted octanol–water partition coefficient (Wildman–Crippen LogP) is 2.68. The van der Waals surface area contributed by atoms with Crippen molar-refractivity contribution in [2.75, 3.05) is 6.54 Å². The zero-order valence-electron chi connectivity index (χ0n) is 11.4. The van der Waals surface area contributed by atoms with E-state index in [2.05, 4.69) is 5.32 Å². The first-order chi connectivity index (χ1) is 9.74. The molecule has 3 heteroatoms. The summed E-state index contributed by atoms with van der Waals surface area (Å²) in [4.78, 5) is 11.7. The Morgan fingerprint density at radius 3 is 2.35 bits per heavy atom. The minimum absolute atomic E-state index is 0.0573. The maximum Gasteiger partial charge on any atom is 0.224 e. The van der Waals surface area contributed by atoms with Gasteiger partial charge in [-0.25, -0.2) is 0 Å². The van der Waals surface area contributed by atoms with Crippen molar-refractivity contribution in [2.24, 2.45) is 0 Å². The average Bonchev–Trinajstić information content (AvgIpc) is 2.46. The summed E-state index contributed by atoms with van der Waals surface area (Å²) < 4.78 is 0. The molecule has 2 aromatic rings. The van der Waals surface area contributed by atoms with Crippen molar-refractivity contribution in [3.8, 4) is 5.75 Å². The largest absolute Gasteiger partial charge is 0.508 e. The third-order valence-corrected chi connectivity index (χ3v) is 3.11. The van der Waals surface area contributed by atoms with Gasteiger partial charge in [0, 0.05) is 6.54 Å². The van der Waals surface area contributed by atoms with E-state index < -0.39 is 0 Å². The van der Waals surface area contributed by atoms with Crippen LogP contribution in [0, 0.1) is 0 Å². The molecule has 3 nitrogen and oxygen atoms in total. The van der Waals surface area contributed by atoms with Gasteiger partial charge in [-0.3, -0.25) is 4.79 Å². The van der Waals surface area contributed by atoms with Crippen molar-refractivity contribution in [1.82, 2.24) is 5.32 Å². The number of rotatable bonds is 6. The average molecular weight is 269 g/mol. The molecule has 0 unspecified atom stereocenters. The Bertz CT molecular complexity index is 535. The Hall–Kier alpha value is -2.29. The number of carbonyl (C=O) groups excluding carboxylic acids is 1. The lowest BCUT2D eigenvalue weighted by Gasteiger charge is -2.05. The van der Waals surface area contributed by atoms with Gasteiger partial charge in [0.1, 0.15) is 5.75 Å². The van der Waals surface area contributed by atoms with E-state index >= 15 is 0 Å². The van der Waals surface area contributed by atoms with Crippen molar-refractivity contribution >= 4 is 5.91 Å². The topological polar surface area (TPSA) is 49.3 Å². The highest BCUT2D eigenvalue weighted by Crippen LogP contribution is 2.10. The maximum atomic E-state index is 11.7. The van der Waals surface area contributed by atoms with Gasteiger partial charge in [-0.1, -0.05) is 42.5 Å². The first kappa shape index (κ1) is 14.1. The van der Waals surface area contributed by atoms with Crippen molar-refractivity contribution < 1.29 is 9.90 Å². The summed E-state index contributed by atoms with van der Waals surface area (Å²) in [5.74, 6) is 0.340. The Labute approximate surface area is 119 Å². The first-order valence-corrected chi connectivity index (χ1v) is 6.82. The van der Waals surface area contributed by atoms with E-state index in [9.17, 15) is 9.90 Å².